The minimum Gasteiger partial charge on any atom is -0.397 e. The first-order chi connectivity index (χ1) is 9.69. The first-order valence-electron chi connectivity index (χ1n) is 6.98. The smallest absolute Gasteiger partial charge is 0.271 e. The monoisotopic (exact) mass is 289 g/mol. The molecule has 2 aromatic rings. The number of aryl methyl sites for hydroxylation is 1. The standard InChI is InChI=1S/C15H19N3OS/c1-2-17-9-11(16)8-14(17)15(19)18(12-5-6-12)10-13-4-3-7-20-13/h3-4,7-9,12H,2,5-6,10,16H2,1H3. The minimum absolute atomic E-state index is 0.0967. The zero-order valence-corrected chi connectivity index (χ0v) is 12.4. The molecule has 1 aliphatic carbocycles. The van der Waals surface area contributed by atoms with Gasteiger partial charge in [-0.15, -0.1) is 11.3 Å². The van der Waals surface area contributed by atoms with Gasteiger partial charge in [0, 0.05) is 23.7 Å². The molecule has 2 aromatic heterocycles. The molecule has 4 nitrogen and oxygen atoms in total. The van der Waals surface area contributed by atoms with Crippen LogP contribution in [0.4, 0.5) is 5.69 Å². The van der Waals surface area contributed by atoms with Gasteiger partial charge in [-0.1, -0.05) is 6.07 Å². The van der Waals surface area contributed by atoms with Gasteiger partial charge in [0.05, 0.1) is 12.2 Å². The zero-order valence-electron chi connectivity index (χ0n) is 11.6. The molecule has 1 amide bonds. The summed E-state index contributed by atoms with van der Waals surface area (Å²) in [5.41, 5.74) is 7.19. The molecule has 2 heterocycles. The van der Waals surface area contributed by atoms with Crippen LogP contribution in [-0.2, 0) is 13.1 Å². The van der Waals surface area contributed by atoms with Crippen molar-refractivity contribution >= 4 is 22.9 Å². The fourth-order valence-electron chi connectivity index (χ4n) is 2.44. The number of aromatic nitrogens is 1. The summed E-state index contributed by atoms with van der Waals surface area (Å²) in [6, 6.07) is 6.30. The lowest BCUT2D eigenvalue weighted by Crippen LogP contribution is -2.33. The lowest BCUT2D eigenvalue weighted by atomic mass is 10.3. The van der Waals surface area contributed by atoms with Gasteiger partial charge in [-0.05, 0) is 37.3 Å². The summed E-state index contributed by atoms with van der Waals surface area (Å²) >= 11 is 1.70. The zero-order chi connectivity index (χ0) is 14.1. The van der Waals surface area contributed by atoms with Crippen molar-refractivity contribution in [1.29, 1.82) is 0 Å². The maximum absolute atomic E-state index is 12.8. The molecule has 1 fully saturated rings. The predicted octanol–water partition coefficient (Wildman–Crippen LogP) is 2.96. The SMILES string of the molecule is CCn1cc(N)cc1C(=O)N(Cc1cccs1)C1CC1. The van der Waals surface area contributed by atoms with Gasteiger partial charge >= 0.3 is 0 Å². The number of nitrogens with two attached hydrogens (primary N) is 1. The molecule has 2 N–H and O–H groups in total. The second-order valence-corrected chi connectivity index (χ2v) is 6.22. The Balaban J connectivity index is 1.85. The van der Waals surface area contributed by atoms with Crippen LogP contribution in [-0.4, -0.2) is 21.4 Å². The van der Waals surface area contributed by atoms with E-state index in [1.807, 2.05) is 28.7 Å². The molecule has 106 valence electrons. The first kappa shape index (κ1) is 13.2. The first-order valence-corrected chi connectivity index (χ1v) is 7.86. The fraction of sp³-hybridized carbons (Fsp3) is 0.400. The number of amides is 1. The van der Waals surface area contributed by atoms with Crippen molar-refractivity contribution < 1.29 is 4.79 Å². The Morgan fingerprint density at radius 1 is 1.55 bits per heavy atom. The van der Waals surface area contributed by atoms with Crippen LogP contribution in [0.15, 0.2) is 29.8 Å². The Morgan fingerprint density at radius 2 is 2.35 bits per heavy atom. The van der Waals surface area contributed by atoms with E-state index >= 15 is 0 Å². The highest BCUT2D eigenvalue weighted by Gasteiger charge is 2.34. The van der Waals surface area contributed by atoms with Gasteiger partial charge in [-0.2, -0.15) is 0 Å². The Hall–Kier alpha value is -1.75. The van der Waals surface area contributed by atoms with Gasteiger partial charge in [0.25, 0.3) is 5.91 Å². The highest BCUT2D eigenvalue weighted by Crippen LogP contribution is 2.31. The van der Waals surface area contributed by atoms with Crippen molar-refractivity contribution in [3.05, 3.63) is 40.3 Å². The third-order valence-electron chi connectivity index (χ3n) is 3.63. The van der Waals surface area contributed by atoms with Crippen molar-refractivity contribution in [2.24, 2.45) is 0 Å². The van der Waals surface area contributed by atoms with Crippen LogP contribution >= 0.6 is 11.3 Å². The van der Waals surface area contributed by atoms with E-state index in [0.717, 1.165) is 19.4 Å². The second kappa shape index (κ2) is 5.32. The van der Waals surface area contributed by atoms with Crippen LogP contribution in [0, 0.1) is 0 Å². The predicted molar refractivity (Wildman–Crippen MR) is 81.7 cm³/mol. The van der Waals surface area contributed by atoms with Crippen LogP contribution < -0.4 is 5.73 Å². The largest absolute Gasteiger partial charge is 0.397 e. The number of carbonyl (C=O) groups is 1. The van der Waals surface area contributed by atoms with Crippen molar-refractivity contribution in [2.75, 3.05) is 5.73 Å². The quantitative estimate of drug-likeness (QED) is 0.920. The van der Waals surface area contributed by atoms with E-state index < -0.39 is 0 Å². The van der Waals surface area contributed by atoms with E-state index in [1.165, 1.54) is 4.88 Å². The van der Waals surface area contributed by atoms with E-state index in [4.69, 9.17) is 5.73 Å². The summed E-state index contributed by atoms with van der Waals surface area (Å²) in [4.78, 5) is 16.0. The van der Waals surface area contributed by atoms with E-state index in [0.29, 0.717) is 24.0 Å². The summed E-state index contributed by atoms with van der Waals surface area (Å²) in [6.45, 7) is 3.49. The van der Waals surface area contributed by atoms with Gasteiger partial charge in [0.1, 0.15) is 5.69 Å². The lowest BCUT2D eigenvalue weighted by Gasteiger charge is -2.22. The van der Waals surface area contributed by atoms with Gasteiger partial charge in [-0.25, -0.2) is 0 Å². The van der Waals surface area contributed by atoms with Gasteiger partial charge < -0.3 is 15.2 Å². The Labute approximate surface area is 122 Å². The summed E-state index contributed by atoms with van der Waals surface area (Å²) in [6.07, 6.45) is 4.06. The minimum atomic E-state index is 0.0967. The van der Waals surface area contributed by atoms with Crippen molar-refractivity contribution in [2.45, 2.75) is 38.9 Å². The number of nitrogen functional groups attached to an aromatic ring is 1. The maximum atomic E-state index is 12.8. The molecule has 0 unspecified atom stereocenters. The van der Waals surface area contributed by atoms with Crippen LogP contribution in [0.3, 0.4) is 0 Å². The van der Waals surface area contributed by atoms with Crippen molar-refractivity contribution in [3.8, 4) is 0 Å². The van der Waals surface area contributed by atoms with Crippen LogP contribution in [0.1, 0.15) is 35.1 Å². The second-order valence-electron chi connectivity index (χ2n) is 5.19. The summed E-state index contributed by atoms with van der Waals surface area (Å²) in [5, 5.41) is 2.05. The molecule has 0 aliphatic heterocycles. The molecule has 0 saturated heterocycles. The molecule has 0 radical (unpaired) electrons. The third-order valence-corrected chi connectivity index (χ3v) is 4.49. The van der Waals surface area contributed by atoms with E-state index in [9.17, 15) is 4.79 Å². The molecule has 0 atom stereocenters. The molecule has 20 heavy (non-hydrogen) atoms. The van der Waals surface area contributed by atoms with Gasteiger partial charge in [0.2, 0.25) is 0 Å². The average molecular weight is 289 g/mol. The van der Waals surface area contributed by atoms with Crippen LogP contribution in [0.25, 0.3) is 0 Å². The van der Waals surface area contributed by atoms with E-state index in [2.05, 4.69) is 11.4 Å². The highest BCUT2D eigenvalue weighted by molar-refractivity contribution is 7.09. The van der Waals surface area contributed by atoms with E-state index in [-0.39, 0.29) is 5.91 Å². The van der Waals surface area contributed by atoms with Gasteiger partial charge in [0.15, 0.2) is 0 Å². The van der Waals surface area contributed by atoms with Crippen LogP contribution in [0.2, 0.25) is 0 Å². The van der Waals surface area contributed by atoms with E-state index in [1.54, 1.807) is 17.4 Å². The van der Waals surface area contributed by atoms with Crippen LogP contribution in [0.5, 0.6) is 0 Å². The van der Waals surface area contributed by atoms with Crippen molar-refractivity contribution in [1.82, 2.24) is 9.47 Å². The highest BCUT2D eigenvalue weighted by atomic mass is 32.1. The number of anilines is 1. The number of rotatable bonds is 5. The fourth-order valence-corrected chi connectivity index (χ4v) is 3.15. The summed E-state index contributed by atoms with van der Waals surface area (Å²) in [7, 11) is 0. The molecule has 0 spiro atoms. The van der Waals surface area contributed by atoms with Gasteiger partial charge in [-0.3, -0.25) is 4.79 Å². The molecule has 1 saturated carbocycles. The Bertz CT molecular complexity index is 599. The topological polar surface area (TPSA) is 51.3 Å². The number of hydrogen-bond acceptors (Lipinski definition) is 3. The maximum Gasteiger partial charge on any atom is 0.271 e. The molecule has 3 rings (SSSR count). The number of thiophene rings is 1. The summed E-state index contributed by atoms with van der Waals surface area (Å²) < 4.78 is 1.93. The number of hydrogen-bond donors (Lipinski definition) is 1. The molecular weight excluding hydrogens is 270 g/mol. The third kappa shape index (κ3) is 2.58. The molecule has 0 aromatic carbocycles. The average Bonchev–Trinajstić information content (AvgIpc) is 3.01. The molecular formula is C15H19N3OS. The van der Waals surface area contributed by atoms with Crippen molar-refractivity contribution in [3.63, 3.8) is 0 Å². The molecule has 5 heteroatoms. The summed E-state index contributed by atoms with van der Waals surface area (Å²) in [5.74, 6) is 0.0967. The normalized spacial score (nSPS) is 14.4. The number of nitrogens with zero attached hydrogens (tertiary/aromatic N) is 2. The number of carbonyl (C=O) groups excluding carboxylic acids is 1. The Kier molecular flexibility index (Phi) is 3.53. The molecule has 0 bridgehead atoms. The lowest BCUT2D eigenvalue weighted by molar-refractivity contribution is 0.0721. The Morgan fingerprint density at radius 3 is 2.95 bits per heavy atom. The molecule has 1 aliphatic rings.